The van der Waals surface area contributed by atoms with Crippen LogP contribution in [0.3, 0.4) is 0 Å². The average Bonchev–Trinajstić information content (AvgIpc) is 2.54. The van der Waals surface area contributed by atoms with Crippen LogP contribution in [0.15, 0.2) is 53.4 Å². The minimum Gasteiger partial charge on any atom is -0.406 e. The van der Waals surface area contributed by atoms with Crippen molar-refractivity contribution >= 4 is 15.9 Å². The number of carbonyl (C=O) groups excluding carboxylic acids is 1. The van der Waals surface area contributed by atoms with E-state index in [0.29, 0.717) is 5.56 Å². The van der Waals surface area contributed by atoms with Crippen LogP contribution in [0.2, 0.25) is 0 Å². The van der Waals surface area contributed by atoms with Crippen LogP contribution in [0.25, 0.3) is 0 Å². The maximum atomic E-state index is 12.5. The summed E-state index contributed by atoms with van der Waals surface area (Å²) in [6.45, 7) is -0.0499. The van der Waals surface area contributed by atoms with E-state index in [0.717, 1.165) is 22.5 Å². The molecule has 0 radical (unpaired) electrons. The molecule has 0 aromatic heterocycles. The van der Waals surface area contributed by atoms with E-state index in [9.17, 15) is 26.4 Å². The molecule has 1 amide bonds. The Kier molecular flexibility index (Phi) is 5.57. The standard InChI is InChI=1S/C16H15F3N2O4S/c1-21(10-11-5-7-12(8-6-11)15(20)22)26(23,24)14-4-2-3-13(9-14)25-16(17,18)19/h2-9H,10H2,1H3,(H2,20,22). The Labute approximate surface area is 148 Å². The minimum absolute atomic E-state index is 0.0499. The number of carbonyl (C=O) groups is 1. The molecule has 0 aliphatic carbocycles. The molecule has 0 saturated carbocycles. The van der Waals surface area contributed by atoms with Gasteiger partial charge in [0.25, 0.3) is 0 Å². The number of halogens is 3. The molecule has 0 saturated heterocycles. The number of nitrogens with zero attached hydrogens (tertiary/aromatic N) is 1. The molecule has 6 nitrogen and oxygen atoms in total. The fraction of sp³-hybridized carbons (Fsp3) is 0.188. The molecule has 2 aromatic rings. The highest BCUT2D eigenvalue weighted by atomic mass is 32.2. The SMILES string of the molecule is CN(Cc1ccc(C(N)=O)cc1)S(=O)(=O)c1cccc(OC(F)(F)F)c1. The summed E-state index contributed by atoms with van der Waals surface area (Å²) >= 11 is 0. The maximum absolute atomic E-state index is 12.5. The van der Waals surface area contributed by atoms with Gasteiger partial charge in [0, 0.05) is 25.2 Å². The highest BCUT2D eigenvalue weighted by molar-refractivity contribution is 7.89. The predicted molar refractivity (Wildman–Crippen MR) is 86.7 cm³/mol. The van der Waals surface area contributed by atoms with Gasteiger partial charge < -0.3 is 10.5 Å². The highest BCUT2D eigenvalue weighted by Crippen LogP contribution is 2.26. The monoisotopic (exact) mass is 388 g/mol. The Morgan fingerprint density at radius 2 is 1.77 bits per heavy atom. The normalized spacial score (nSPS) is 12.2. The van der Waals surface area contributed by atoms with E-state index in [1.807, 2.05) is 0 Å². The van der Waals surface area contributed by atoms with Gasteiger partial charge in [-0.15, -0.1) is 13.2 Å². The van der Waals surface area contributed by atoms with Crippen molar-refractivity contribution in [2.24, 2.45) is 5.73 Å². The second-order valence-corrected chi connectivity index (χ2v) is 7.39. The van der Waals surface area contributed by atoms with Gasteiger partial charge in [0.15, 0.2) is 0 Å². The number of amides is 1. The third kappa shape index (κ3) is 4.96. The largest absolute Gasteiger partial charge is 0.573 e. The van der Waals surface area contributed by atoms with Gasteiger partial charge in [-0.1, -0.05) is 18.2 Å². The minimum atomic E-state index is -4.92. The summed E-state index contributed by atoms with van der Waals surface area (Å²) in [6, 6.07) is 10.1. The summed E-state index contributed by atoms with van der Waals surface area (Å²) in [4.78, 5) is 10.7. The molecule has 10 heteroatoms. The van der Waals surface area contributed by atoms with Gasteiger partial charge in [-0.3, -0.25) is 4.79 Å². The number of benzene rings is 2. The molecule has 0 spiro atoms. The van der Waals surface area contributed by atoms with Gasteiger partial charge in [-0.25, -0.2) is 8.42 Å². The molecular formula is C16H15F3N2O4S. The van der Waals surface area contributed by atoms with E-state index in [1.165, 1.54) is 37.4 Å². The lowest BCUT2D eigenvalue weighted by atomic mass is 10.1. The lowest BCUT2D eigenvalue weighted by Gasteiger charge is -2.18. The molecule has 0 fully saturated rings. The van der Waals surface area contributed by atoms with Crippen LogP contribution in [-0.2, 0) is 16.6 Å². The van der Waals surface area contributed by atoms with Gasteiger partial charge in [-0.05, 0) is 29.8 Å². The molecule has 2 rings (SSSR count). The third-order valence-electron chi connectivity index (χ3n) is 3.39. The molecule has 0 bridgehead atoms. The zero-order valence-electron chi connectivity index (χ0n) is 13.5. The van der Waals surface area contributed by atoms with Gasteiger partial charge in [-0.2, -0.15) is 4.31 Å². The first-order valence-corrected chi connectivity index (χ1v) is 8.64. The molecular weight excluding hydrogens is 373 g/mol. The second kappa shape index (κ2) is 7.34. The Hall–Kier alpha value is -2.59. The summed E-state index contributed by atoms with van der Waals surface area (Å²) in [7, 11) is -2.76. The molecule has 0 atom stereocenters. The molecule has 26 heavy (non-hydrogen) atoms. The van der Waals surface area contributed by atoms with Crippen molar-refractivity contribution in [1.29, 1.82) is 0 Å². The van der Waals surface area contributed by atoms with Crippen molar-refractivity contribution in [3.8, 4) is 5.75 Å². The Morgan fingerprint density at radius 1 is 1.15 bits per heavy atom. The number of rotatable bonds is 6. The average molecular weight is 388 g/mol. The quantitative estimate of drug-likeness (QED) is 0.823. The third-order valence-corrected chi connectivity index (χ3v) is 5.19. The van der Waals surface area contributed by atoms with Crippen LogP contribution in [-0.4, -0.2) is 32.0 Å². The van der Waals surface area contributed by atoms with Gasteiger partial charge in [0.1, 0.15) is 5.75 Å². The van der Waals surface area contributed by atoms with Crippen LogP contribution in [0, 0.1) is 0 Å². The summed E-state index contributed by atoms with van der Waals surface area (Å²) in [6.07, 6.45) is -4.92. The molecule has 0 aliphatic rings. The van der Waals surface area contributed by atoms with Crippen molar-refractivity contribution < 1.29 is 31.1 Å². The number of hydrogen-bond acceptors (Lipinski definition) is 4. The van der Waals surface area contributed by atoms with Crippen molar-refractivity contribution in [3.05, 3.63) is 59.7 Å². The van der Waals surface area contributed by atoms with Crippen molar-refractivity contribution in [2.75, 3.05) is 7.05 Å². The van der Waals surface area contributed by atoms with E-state index in [4.69, 9.17) is 5.73 Å². The fourth-order valence-corrected chi connectivity index (χ4v) is 3.32. The summed E-state index contributed by atoms with van der Waals surface area (Å²) < 4.78 is 66.7. The van der Waals surface area contributed by atoms with Crippen LogP contribution in [0.4, 0.5) is 13.2 Å². The number of primary amides is 1. The van der Waals surface area contributed by atoms with E-state index < -0.39 is 28.0 Å². The molecule has 0 heterocycles. The number of ether oxygens (including phenoxy) is 1. The molecule has 2 aromatic carbocycles. The zero-order valence-corrected chi connectivity index (χ0v) is 14.3. The first kappa shape index (κ1) is 19.7. The number of sulfonamides is 1. The summed E-state index contributed by atoms with van der Waals surface area (Å²) in [5.41, 5.74) is 5.98. The second-order valence-electron chi connectivity index (χ2n) is 5.34. The lowest BCUT2D eigenvalue weighted by molar-refractivity contribution is -0.274. The van der Waals surface area contributed by atoms with E-state index in [2.05, 4.69) is 4.74 Å². The predicted octanol–water partition coefficient (Wildman–Crippen LogP) is 2.50. The van der Waals surface area contributed by atoms with Crippen molar-refractivity contribution in [1.82, 2.24) is 4.31 Å². The topological polar surface area (TPSA) is 89.7 Å². The van der Waals surface area contributed by atoms with Crippen LogP contribution in [0.1, 0.15) is 15.9 Å². The van der Waals surface area contributed by atoms with Gasteiger partial charge >= 0.3 is 6.36 Å². The molecule has 0 unspecified atom stereocenters. The molecule has 2 N–H and O–H groups in total. The van der Waals surface area contributed by atoms with Gasteiger partial charge in [0.2, 0.25) is 15.9 Å². The van der Waals surface area contributed by atoms with Gasteiger partial charge in [0.05, 0.1) is 4.90 Å². The number of nitrogens with two attached hydrogens (primary N) is 1. The Balaban J connectivity index is 2.20. The summed E-state index contributed by atoms with van der Waals surface area (Å²) in [5.74, 6) is -1.24. The van der Waals surface area contributed by atoms with Crippen molar-refractivity contribution in [3.63, 3.8) is 0 Å². The van der Waals surface area contributed by atoms with E-state index >= 15 is 0 Å². The van der Waals surface area contributed by atoms with Crippen LogP contribution < -0.4 is 10.5 Å². The zero-order chi connectivity index (χ0) is 19.5. The Morgan fingerprint density at radius 3 is 2.31 bits per heavy atom. The highest BCUT2D eigenvalue weighted by Gasteiger charge is 2.32. The smallest absolute Gasteiger partial charge is 0.406 e. The first-order chi connectivity index (χ1) is 12.0. The van der Waals surface area contributed by atoms with E-state index in [-0.39, 0.29) is 17.0 Å². The maximum Gasteiger partial charge on any atom is 0.573 e. The number of alkyl halides is 3. The fourth-order valence-electron chi connectivity index (χ4n) is 2.13. The lowest BCUT2D eigenvalue weighted by Crippen LogP contribution is -2.26. The first-order valence-electron chi connectivity index (χ1n) is 7.20. The molecule has 140 valence electrons. The van der Waals surface area contributed by atoms with E-state index in [1.54, 1.807) is 0 Å². The van der Waals surface area contributed by atoms with Crippen LogP contribution >= 0.6 is 0 Å². The summed E-state index contributed by atoms with van der Waals surface area (Å²) in [5, 5.41) is 0. The molecule has 0 aliphatic heterocycles. The van der Waals surface area contributed by atoms with Crippen LogP contribution in [0.5, 0.6) is 5.75 Å². The van der Waals surface area contributed by atoms with Crippen molar-refractivity contribution in [2.45, 2.75) is 17.8 Å². The number of hydrogen-bond donors (Lipinski definition) is 1. The Bertz CT molecular complexity index is 896.